The second-order valence-corrected chi connectivity index (χ2v) is 15.2. The van der Waals surface area contributed by atoms with Crippen LogP contribution in [0.2, 0.25) is 0 Å². The largest absolute Gasteiger partial charge is 0.309 e. The van der Waals surface area contributed by atoms with Crippen LogP contribution in [0.4, 0.5) is 17.1 Å². The minimum atomic E-state index is 1.15. The SMILES string of the molecule is c1ccc(N(c2ccc3cc4c(cc3c2)-c2cc3ccc(-n5c6ccccc6c6ccccc65)cc3cc2-4)c2cccc3c2sc2ccccc23)cc1. The van der Waals surface area contributed by atoms with Crippen molar-refractivity contribution >= 4 is 91.9 Å². The Morgan fingerprint density at radius 3 is 1.66 bits per heavy atom. The van der Waals surface area contributed by atoms with E-state index in [9.17, 15) is 0 Å². The van der Waals surface area contributed by atoms with E-state index in [4.69, 9.17) is 0 Å². The van der Waals surface area contributed by atoms with Crippen LogP contribution in [0.1, 0.15) is 0 Å². The molecule has 53 heavy (non-hydrogen) atoms. The van der Waals surface area contributed by atoms with E-state index < -0.39 is 0 Å². The van der Waals surface area contributed by atoms with Gasteiger partial charge in [-0.1, -0.05) is 97.1 Å². The molecular weight excluding hydrogens is 661 g/mol. The summed E-state index contributed by atoms with van der Waals surface area (Å²) in [4.78, 5) is 2.42. The van der Waals surface area contributed by atoms with Crippen molar-refractivity contribution in [3.63, 3.8) is 0 Å². The summed E-state index contributed by atoms with van der Waals surface area (Å²) in [6, 6.07) is 67.1. The van der Waals surface area contributed by atoms with E-state index in [1.165, 1.54) is 97.2 Å². The minimum absolute atomic E-state index is 1.15. The zero-order valence-electron chi connectivity index (χ0n) is 28.6. The predicted molar refractivity (Wildman–Crippen MR) is 228 cm³/mol. The number of aromatic nitrogens is 1. The first kappa shape index (κ1) is 29.0. The molecule has 0 amide bonds. The summed E-state index contributed by atoms with van der Waals surface area (Å²) in [5.41, 5.74) is 12.5. The number of anilines is 3. The zero-order valence-corrected chi connectivity index (χ0v) is 29.4. The number of hydrogen-bond donors (Lipinski definition) is 0. The quantitative estimate of drug-likeness (QED) is 0.178. The summed E-state index contributed by atoms with van der Waals surface area (Å²) in [5, 5.41) is 10.2. The number of fused-ring (bicyclic) bond motifs is 12. The highest BCUT2D eigenvalue weighted by Crippen LogP contribution is 2.51. The molecule has 0 aliphatic heterocycles. The van der Waals surface area contributed by atoms with Crippen LogP contribution in [0, 0.1) is 0 Å². The van der Waals surface area contributed by atoms with Crippen molar-refractivity contribution in [2.45, 2.75) is 0 Å². The monoisotopic (exact) mass is 690 g/mol. The van der Waals surface area contributed by atoms with Gasteiger partial charge in [-0.15, -0.1) is 11.3 Å². The van der Waals surface area contributed by atoms with Crippen LogP contribution in [-0.2, 0) is 0 Å². The third-order valence-electron chi connectivity index (χ3n) is 11.2. The molecule has 3 heteroatoms. The lowest BCUT2D eigenvalue weighted by Crippen LogP contribution is -2.10. The van der Waals surface area contributed by atoms with E-state index in [1.54, 1.807) is 0 Å². The Bertz CT molecular complexity index is 3240. The first-order valence-electron chi connectivity index (χ1n) is 18.2. The van der Waals surface area contributed by atoms with Crippen LogP contribution in [0.15, 0.2) is 182 Å². The van der Waals surface area contributed by atoms with E-state index in [1.807, 2.05) is 11.3 Å². The average Bonchev–Trinajstić information content (AvgIpc) is 3.76. The molecule has 0 bridgehead atoms. The molecule has 12 rings (SSSR count). The summed E-state index contributed by atoms with van der Waals surface area (Å²) in [6.45, 7) is 0. The maximum atomic E-state index is 2.42. The standard InChI is InChI=1S/C50H30N2S/c1-2-11-35(12-3-1)51(48-19-10-16-41-40-15-6-9-20-49(40)53-50(41)48)36-23-21-31-27-42-44(29-33(31)25-36)43-28-32-22-24-37(26-34(32)30-45(42)43)52-46-17-7-4-13-38(46)39-14-5-8-18-47(39)52/h1-30H. The maximum Gasteiger partial charge on any atom is 0.0640 e. The van der Waals surface area contributed by atoms with Crippen LogP contribution in [0.5, 0.6) is 0 Å². The third-order valence-corrected chi connectivity index (χ3v) is 12.4. The molecule has 0 N–H and O–H groups in total. The maximum absolute atomic E-state index is 2.42. The van der Waals surface area contributed by atoms with Crippen molar-refractivity contribution in [3.05, 3.63) is 182 Å². The molecule has 9 aromatic carbocycles. The number of hydrogen-bond acceptors (Lipinski definition) is 2. The van der Waals surface area contributed by atoms with Crippen molar-refractivity contribution in [1.29, 1.82) is 0 Å². The fourth-order valence-corrected chi connectivity index (χ4v) is 10.00. The van der Waals surface area contributed by atoms with E-state index in [0.29, 0.717) is 0 Å². The van der Waals surface area contributed by atoms with Gasteiger partial charge in [0.15, 0.2) is 0 Å². The summed E-state index contributed by atoms with van der Waals surface area (Å²) >= 11 is 1.87. The van der Waals surface area contributed by atoms with Crippen LogP contribution in [0.25, 0.3) is 91.5 Å². The predicted octanol–water partition coefficient (Wildman–Crippen LogP) is 14.6. The lowest BCUT2D eigenvalue weighted by molar-refractivity contribution is 1.19. The molecule has 0 radical (unpaired) electrons. The lowest BCUT2D eigenvalue weighted by Gasteiger charge is -2.28. The molecule has 2 heterocycles. The van der Waals surface area contributed by atoms with Crippen LogP contribution in [0.3, 0.4) is 0 Å². The molecular formula is C50H30N2S. The van der Waals surface area contributed by atoms with Crippen LogP contribution >= 0.6 is 11.3 Å². The summed E-state index contributed by atoms with van der Waals surface area (Å²) < 4.78 is 5.02. The normalized spacial score (nSPS) is 12.2. The number of benzene rings is 9. The van der Waals surface area contributed by atoms with E-state index >= 15 is 0 Å². The van der Waals surface area contributed by atoms with Gasteiger partial charge in [-0.3, -0.25) is 0 Å². The fraction of sp³-hybridized carbons (Fsp3) is 0. The lowest BCUT2D eigenvalue weighted by atomic mass is 9.78. The van der Waals surface area contributed by atoms with Crippen LogP contribution in [-0.4, -0.2) is 4.57 Å². The smallest absolute Gasteiger partial charge is 0.0640 e. The molecule has 0 unspecified atom stereocenters. The molecule has 2 nitrogen and oxygen atoms in total. The summed E-state index contributed by atoms with van der Waals surface area (Å²) in [5.74, 6) is 0. The second-order valence-electron chi connectivity index (χ2n) is 14.2. The van der Waals surface area contributed by atoms with Gasteiger partial charge >= 0.3 is 0 Å². The van der Waals surface area contributed by atoms with Gasteiger partial charge in [0, 0.05) is 43.3 Å². The van der Waals surface area contributed by atoms with Crippen LogP contribution < -0.4 is 4.90 Å². The average molecular weight is 691 g/mol. The van der Waals surface area contributed by atoms with Gasteiger partial charge in [0.2, 0.25) is 0 Å². The molecule has 0 spiro atoms. The summed E-state index contributed by atoms with van der Waals surface area (Å²) in [6.07, 6.45) is 0. The Morgan fingerprint density at radius 2 is 0.943 bits per heavy atom. The molecule has 1 aliphatic carbocycles. The molecule has 2 aromatic heterocycles. The molecule has 0 saturated heterocycles. The van der Waals surface area contributed by atoms with Crippen molar-refractivity contribution < 1.29 is 0 Å². The van der Waals surface area contributed by atoms with Gasteiger partial charge in [-0.2, -0.15) is 0 Å². The Hall–Kier alpha value is -6.68. The highest BCUT2D eigenvalue weighted by atomic mass is 32.1. The molecule has 0 saturated carbocycles. The molecule has 246 valence electrons. The third kappa shape index (κ3) is 4.20. The highest BCUT2D eigenvalue weighted by Gasteiger charge is 2.25. The second kappa shape index (κ2) is 10.9. The molecule has 0 fully saturated rings. The molecule has 1 aliphatic rings. The van der Waals surface area contributed by atoms with Gasteiger partial charge in [-0.05, 0) is 129 Å². The van der Waals surface area contributed by atoms with Gasteiger partial charge in [-0.25, -0.2) is 0 Å². The Balaban J connectivity index is 0.975. The number of thiophene rings is 1. The van der Waals surface area contributed by atoms with E-state index in [-0.39, 0.29) is 0 Å². The van der Waals surface area contributed by atoms with Crippen molar-refractivity contribution in [1.82, 2.24) is 4.57 Å². The molecule has 0 atom stereocenters. The number of nitrogens with zero attached hydrogens (tertiary/aromatic N) is 2. The van der Waals surface area contributed by atoms with Crippen molar-refractivity contribution in [2.75, 3.05) is 4.90 Å². The van der Waals surface area contributed by atoms with E-state index in [0.717, 1.165) is 11.4 Å². The van der Waals surface area contributed by atoms with Gasteiger partial charge < -0.3 is 9.47 Å². The molecule has 11 aromatic rings. The van der Waals surface area contributed by atoms with Crippen molar-refractivity contribution in [3.8, 4) is 27.9 Å². The van der Waals surface area contributed by atoms with E-state index in [2.05, 4.69) is 191 Å². The number of para-hydroxylation sites is 3. The zero-order chi connectivity index (χ0) is 34.6. The first-order valence-corrected chi connectivity index (χ1v) is 19.0. The Morgan fingerprint density at radius 1 is 0.377 bits per heavy atom. The van der Waals surface area contributed by atoms with Crippen molar-refractivity contribution in [2.24, 2.45) is 0 Å². The first-order chi connectivity index (χ1) is 26.3. The Kier molecular flexibility index (Phi) is 5.96. The highest BCUT2D eigenvalue weighted by molar-refractivity contribution is 7.26. The van der Waals surface area contributed by atoms with Gasteiger partial charge in [0.1, 0.15) is 0 Å². The summed E-state index contributed by atoms with van der Waals surface area (Å²) in [7, 11) is 0. The minimum Gasteiger partial charge on any atom is -0.309 e. The topological polar surface area (TPSA) is 8.17 Å². The Labute approximate surface area is 310 Å². The number of rotatable bonds is 4. The fourth-order valence-electron chi connectivity index (χ4n) is 8.79. The van der Waals surface area contributed by atoms with Gasteiger partial charge in [0.05, 0.1) is 21.4 Å². The van der Waals surface area contributed by atoms with Gasteiger partial charge in [0.25, 0.3) is 0 Å².